The minimum Gasteiger partial charge on any atom is -0.478 e. The van der Waals surface area contributed by atoms with Crippen LogP contribution in [-0.2, 0) is 23.9 Å². The van der Waals surface area contributed by atoms with E-state index in [9.17, 15) is 24.6 Å². The van der Waals surface area contributed by atoms with E-state index in [0.717, 1.165) is 0 Å². The molecule has 0 saturated carbocycles. The summed E-state index contributed by atoms with van der Waals surface area (Å²) < 4.78 is 10.5. The van der Waals surface area contributed by atoms with Crippen LogP contribution in [0.3, 0.4) is 0 Å². The molecule has 4 atom stereocenters. The Morgan fingerprint density at radius 2 is 2.15 bits per heavy atom. The maximum absolute atomic E-state index is 11.9. The first kappa shape index (κ1) is 20.9. The van der Waals surface area contributed by atoms with Gasteiger partial charge in [-0.2, -0.15) is 0 Å². The molecule has 7 heteroatoms. The predicted molar refractivity (Wildman–Crippen MR) is 96.6 cm³/mol. The molecule has 0 amide bonds. The zero-order chi connectivity index (χ0) is 20.1. The molecule has 27 heavy (non-hydrogen) atoms. The lowest BCUT2D eigenvalue weighted by atomic mass is 9.85. The number of carboxylic acid groups (broad SMARTS) is 1. The van der Waals surface area contributed by atoms with Crippen molar-refractivity contribution >= 4 is 17.9 Å². The van der Waals surface area contributed by atoms with E-state index in [4.69, 9.17) is 9.47 Å². The van der Waals surface area contributed by atoms with Gasteiger partial charge < -0.3 is 19.7 Å². The van der Waals surface area contributed by atoms with Crippen LogP contribution >= 0.6 is 0 Å². The number of rotatable bonds is 5. The molecule has 2 N–H and O–H groups in total. The largest absolute Gasteiger partial charge is 0.478 e. The maximum Gasteiger partial charge on any atom is 0.334 e. The smallest absolute Gasteiger partial charge is 0.334 e. The van der Waals surface area contributed by atoms with Gasteiger partial charge in [0.25, 0.3) is 0 Å². The molecule has 0 aromatic heterocycles. The molecular formula is C20H26O7. The van der Waals surface area contributed by atoms with Crippen molar-refractivity contribution in [2.75, 3.05) is 6.61 Å². The molecule has 148 valence electrons. The number of allylic oxidation sites excluding steroid dienone is 1. The van der Waals surface area contributed by atoms with Gasteiger partial charge in [0.1, 0.15) is 12.7 Å². The lowest BCUT2D eigenvalue weighted by Gasteiger charge is -2.24. The minimum atomic E-state index is -1.10. The molecule has 0 unspecified atom stereocenters. The Morgan fingerprint density at radius 1 is 1.44 bits per heavy atom. The molecule has 1 aliphatic carbocycles. The summed E-state index contributed by atoms with van der Waals surface area (Å²) in [7, 11) is 0. The second-order valence-corrected chi connectivity index (χ2v) is 7.01. The van der Waals surface area contributed by atoms with Gasteiger partial charge in [-0.3, -0.25) is 4.79 Å². The van der Waals surface area contributed by atoms with Crippen LogP contribution in [0.1, 0.15) is 39.5 Å². The van der Waals surface area contributed by atoms with E-state index >= 15 is 0 Å². The Kier molecular flexibility index (Phi) is 6.96. The highest BCUT2D eigenvalue weighted by molar-refractivity contribution is 5.92. The Morgan fingerprint density at radius 3 is 2.78 bits per heavy atom. The van der Waals surface area contributed by atoms with E-state index in [2.05, 4.69) is 6.58 Å². The first-order valence-corrected chi connectivity index (χ1v) is 9.10. The third-order valence-electron chi connectivity index (χ3n) is 5.05. The van der Waals surface area contributed by atoms with Gasteiger partial charge in [0.2, 0.25) is 0 Å². The summed E-state index contributed by atoms with van der Waals surface area (Å²) >= 11 is 0. The highest BCUT2D eigenvalue weighted by atomic mass is 16.6. The number of carboxylic acids is 1. The topological polar surface area (TPSA) is 110 Å². The number of aliphatic hydroxyl groups is 1. The molecule has 0 spiro atoms. The molecule has 1 saturated heterocycles. The van der Waals surface area contributed by atoms with E-state index in [1.807, 2.05) is 6.92 Å². The first-order valence-electron chi connectivity index (χ1n) is 9.10. The molecule has 1 aliphatic heterocycles. The number of esters is 2. The van der Waals surface area contributed by atoms with Crippen molar-refractivity contribution in [1.82, 2.24) is 0 Å². The van der Waals surface area contributed by atoms with Crippen molar-refractivity contribution in [2.24, 2.45) is 11.8 Å². The van der Waals surface area contributed by atoms with E-state index < -0.39 is 30.1 Å². The second kappa shape index (κ2) is 8.99. The van der Waals surface area contributed by atoms with Crippen LogP contribution in [-0.4, -0.2) is 46.9 Å². The van der Waals surface area contributed by atoms with Gasteiger partial charge in [0.15, 0.2) is 0 Å². The molecule has 0 radical (unpaired) electrons. The summed E-state index contributed by atoms with van der Waals surface area (Å²) in [6.07, 6.45) is 2.78. The molecule has 0 aromatic carbocycles. The van der Waals surface area contributed by atoms with Crippen molar-refractivity contribution in [1.29, 1.82) is 0 Å². The van der Waals surface area contributed by atoms with Crippen LogP contribution in [0.15, 0.2) is 35.5 Å². The van der Waals surface area contributed by atoms with Crippen LogP contribution in [0.4, 0.5) is 0 Å². The molecule has 2 rings (SSSR count). The standard InChI is InChI=1S/C20H26O7/c1-4-11(2)19(24)26-10-13-6-5-7-14(18(22)23)9-16-17(15(21)8-13)12(3)20(25)27-16/h6,9,11,15-17,21H,3-5,7-8,10H2,1-2H3,(H,22,23)/b13-6-,14-9-/t11-,15-,16-,17-/m1/s1. The summed E-state index contributed by atoms with van der Waals surface area (Å²) in [6.45, 7) is 7.37. The number of aliphatic hydroxyl groups excluding tert-OH is 1. The van der Waals surface area contributed by atoms with Gasteiger partial charge in [-0.25, -0.2) is 9.59 Å². The quantitative estimate of drug-likeness (QED) is 0.428. The number of aliphatic carboxylic acids is 1. The van der Waals surface area contributed by atoms with Crippen molar-refractivity contribution in [3.8, 4) is 0 Å². The van der Waals surface area contributed by atoms with Gasteiger partial charge >= 0.3 is 17.9 Å². The zero-order valence-electron chi connectivity index (χ0n) is 15.6. The van der Waals surface area contributed by atoms with Gasteiger partial charge in [-0.1, -0.05) is 26.5 Å². The molecule has 1 heterocycles. The van der Waals surface area contributed by atoms with Crippen LogP contribution in [0.5, 0.6) is 0 Å². The molecule has 7 nitrogen and oxygen atoms in total. The summed E-state index contributed by atoms with van der Waals surface area (Å²) in [4.78, 5) is 35.3. The maximum atomic E-state index is 11.9. The lowest BCUT2D eigenvalue weighted by molar-refractivity contribution is -0.147. The average Bonchev–Trinajstić information content (AvgIpc) is 2.90. The van der Waals surface area contributed by atoms with Gasteiger partial charge in [-0.05, 0) is 37.3 Å². The second-order valence-electron chi connectivity index (χ2n) is 7.01. The van der Waals surface area contributed by atoms with Crippen LogP contribution < -0.4 is 0 Å². The molecule has 0 bridgehead atoms. The number of ether oxygens (including phenoxy) is 2. The molecular weight excluding hydrogens is 352 g/mol. The third kappa shape index (κ3) is 5.07. The Bertz CT molecular complexity index is 688. The number of fused-ring (bicyclic) bond motifs is 1. The number of hydrogen-bond acceptors (Lipinski definition) is 6. The first-order chi connectivity index (χ1) is 12.7. The zero-order valence-corrected chi connectivity index (χ0v) is 15.6. The number of carbonyl (C=O) groups excluding carboxylic acids is 2. The SMILES string of the molecule is C=C1C(=O)O[C@@H]2/C=C(\C(=O)O)CC/C=C(\COC(=O)[C@H](C)CC)C[C@@H](O)[C@@H]12. The van der Waals surface area contributed by atoms with Gasteiger partial charge in [0.05, 0.1) is 17.9 Å². The Hall–Kier alpha value is -2.41. The third-order valence-corrected chi connectivity index (χ3v) is 5.05. The van der Waals surface area contributed by atoms with E-state index in [1.54, 1.807) is 13.0 Å². The van der Waals surface area contributed by atoms with Crippen molar-refractivity contribution in [3.05, 3.63) is 35.5 Å². The fourth-order valence-corrected chi connectivity index (χ4v) is 3.16. The molecule has 1 fully saturated rings. The van der Waals surface area contributed by atoms with Crippen molar-refractivity contribution in [2.45, 2.75) is 51.7 Å². The Balaban J connectivity index is 2.23. The summed E-state index contributed by atoms with van der Waals surface area (Å²) in [5.41, 5.74) is 0.899. The molecule has 2 aliphatic rings. The highest BCUT2D eigenvalue weighted by Crippen LogP contribution is 2.34. The van der Waals surface area contributed by atoms with Crippen molar-refractivity contribution in [3.63, 3.8) is 0 Å². The highest BCUT2D eigenvalue weighted by Gasteiger charge is 2.42. The number of hydrogen-bond donors (Lipinski definition) is 2. The van der Waals surface area contributed by atoms with Crippen LogP contribution in [0.2, 0.25) is 0 Å². The predicted octanol–water partition coefficient (Wildman–Crippen LogP) is 2.16. The van der Waals surface area contributed by atoms with Gasteiger partial charge in [0, 0.05) is 11.1 Å². The van der Waals surface area contributed by atoms with Crippen molar-refractivity contribution < 1.29 is 34.1 Å². The summed E-state index contributed by atoms with van der Waals surface area (Å²) in [5, 5.41) is 20.0. The normalized spacial score (nSPS) is 30.9. The number of carbonyl (C=O) groups is 3. The average molecular weight is 378 g/mol. The van der Waals surface area contributed by atoms with Gasteiger partial charge in [-0.15, -0.1) is 0 Å². The minimum absolute atomic E-state index is 0.0189. The fourth-order valence-electron chi connectivity index (χ4n) is 3.16. The molecule has 0 aromatic rings. The monoisotopic (exact) mass is 378 g/mol. The summed E-state index contributed by atoms with van der Waals surface area (Å²) in [6, 6.07) is 0. The Labute approximate surface area is 158 Å². The van der Waals surface area contributed by atoms with E-state index in [1.165, 1.54) is 6.08 Å². The van der Waals surface area contributed by atoms with E-state index in [0.29, 0.717) is 18.4 Å². The van der Waals surface area contributed by atoms with E-state index in [-0.39, 0.29) is 42.5 Å². The lowest BCUT2D eigenvalue weighted by Crippen LogP contribution is -2.30. The van der Waals surface area contributed by atoms with Crippen LogP contribution in [0.25, 0.3) is 0 Å². The van der Waals surface area contributed by atoms with Crippen LogP contribution in [0, 0.1) is 11.8 Å². The summed E-state index contributed by atoms with van der Waals surface area (Å²) in [5.74, 6) is -3.02. The fraction of sp³-hybridized carbons (Fsp3) is 0.550.